The zero-order valence-corrected chi connectivity index (χ0v) is 12.2. The lowest BCUT2D eigenvalue weighted by Gasteiger charge is -2.23. The molecular weight excluding hydrogens is 290 g/mol. The Morgan fingerprint density at radius 2 is 1.77 bits per heavy atom. The molecule has 0 saturated heterocycles. The fourth-order valence-electron chi connectivity index (χ4n) is 2.73. The highest BCUT2D eigenvalue weighted by atomic mass is 16.6. The number of hydrogen-bond donors (Lipinski definition) is 1. The van der Waals surface area contributed by atoms with Gasteiger partial charge in [0.05, 0.1) is 21.5 Å². The van der Waals surface area contributed by atoms with Crippen molar-refractivity contribution in [3.8, 4) is 0 Å². The third kappa shape index (κ3) is 3.38. The van der Waals surface area contributed by atoms with E-state index in [9.17, 15) is 25.0 Å². The minimum absolute atomic E-state index is 0.00789. The van der Waals surface area contributed by atoms with Crippen LogP contribution in [-0.2, 0) is 0 Å². The van der Waals surface area contributed by atoms with E-state index in [4.69, 9.17) is 0 Å². The Kier molecular flexibility index (Phi) is 4.69. The van der Waals surface area contributed by atoms with Crippen molar-refractivity contribution in [2.45, 2.75) is 45.1 Å². The zero-order chi connectivity index (χ0) is 16.3. The first-order chi connectivity index (χ1) is 10.4. The Labute approximate surface area is 126 Å². The van der Waals surface area contributed by atoms with Crippen LogP contribution in [0.25, 0.3) is 0 Å². The Balaban J connectivity index is 2.33. The highest BCUT2D eigenvalue weighted by Gasteiger charge is 2.26. The normalized spacial score (nSPS) is 15.3. The number of hydrogen-bond acceptors (Lipinski definition) is 5. The van der Waals surface area contributed by atoms with Gasteiger partial charge in [-0.15, -0.1) is 0 Å². The van der Waals surface area contributed by atoms with E-state index >= 15 is 0 Å². The van der Waals surface area contributed by atoms with Crippen LogP contribution in [0.5, 0.6) is 0 Å². The van der Waals surface area contributed by atoms with Gasteiger partial charge in [0.25, 0.3) is 17.3 Å². The lowest BCUT2D eigenvalue weighted by Crippen LogP contribution is -2.36. The largest absolute Gasteiger partial charge is 0.349 e. The molecule has 1 aromatic rings. The summed E-state index contributed by atoms with van der Waals surface area (Å²) >= 11 is 0. The number of carbonyl (C=O) groups is 1. The summed E-state index contributed by atoms with van der Waals surface area (Å²) in [6.45, 7) is 1.43. The van der Waals surface area contributed by atoms with Crippen LogP contribution in [0.3, 0.4) is 0 Å². The van der Waals surface area contributed by atoms with Crippen LogP contribution in [0.4, 0.5) is 11.4 Å². The number of carbonyl (C=O) groups excluding carboxylic acids is 1. The van der Waals surface area contributed by atoms with E-state index in [-0.39, 0.29) is 17.2 Å². The summed E-state index contributed by atoms with van der Waals surface area (Å²) in [6.07, 6.45) is 4.91. The Morgan fingerprint density at radius 1 is 1.14 bits per heavy atom. The predicted molar refractivity (Wildman–Crippen MR) is 78.8 cm³/mol. The van der Waals surface area contributed by atoms with Gasteiger partial charge in [-0.05, 0) is 19.8 Å². The van der Waals surface area contributed by atoms with Crippen molar-refractivity contribution < 1.29 is 14.6 Å². The fourth-order valence-corrected chi connectivity index (χ4v) is 2.73. The molecule has 1 N–H and O–H groups in total. The summed E-state index contributed by atoms with van der Waals surface area (Å²) in [6, 6.07) is 2.01. The predicted octanol–water partition coefficient (Wildman–Crippen LogP) is 2.87. The first-order valence-corrected chi connectivity index (χ1v) is 7.14. The standard InChI is InChI=1S/C14H17N3O5/c1-9-12(14(18)15-10-5-3-2-4-6-10)7-11(16(19)20)8-13(9)17(21)22/h7-8,10H,2-6H2,1H3,(H,15,18). The number of nitrogens with one attached hydrogen (secondary N) is 1. The highest BCUT2D eigenvalue weighted by molar-refractivity contribution is 5.97. The molecule has 22 heavy (non-hydrogen) atoms. The molecule has 0 spiro atoms. The molecule has 1 amide bonds. The summed E-state index contributed by atoms with van der Waals surface area (Å²) in [7, 11) is 0. The first-order valence-electron chi connectivity index (χ1n) is 7.14. The molecule has 0 unspecified atom stereocenters. The Hall–Kier alpha value is -2.51. The van der Waals surface area contributed by atoms with Gasteiger partial charge in [0.2, 0.25) is 0 Å². The maximum atomic E-state index is 12.3. The van der Waals surface area contributed by atoms with E-state index in [2.05, 4.69) is 5.32 Å². The van der Waals surface area contributed by atoms with E-state index < -0.39 is 27.1 Å². The van der Waals surface area contributed by atoms with Crippen LogP contribution in [0, 0.1) is 27.2 Å². The molecule has 1 aromatic carbocycles. The molecule has 0 bridgehead atoms. The second-order valence-electron chi connectivity index (χ2n) is 5.46. The van der Waals surface area contributed by atoms with Crippen molar-refractivity contribution in [3.05, 3.63) is 43.5 Å². The lowest BCUT2D eigenvalue weighted by atomic mass is 9.95. The molecule has 0 radical (unpaired) electrons. The molecule has 0 aliphatic heterocycles. The number of non-ortho nitro benzene ring substituents is 1. The molecule has 2 rings (SSSR count). The second kappa shape index (κ2) is 6.50. The van der Waals surface area contributed by atoms with E-state index in [1.165, 1.54) is 6.92 Å². The van der Waals surface area contributed by atoms with Gasteiger partial charge in [0.1, 0.15) is 0 Å². The molecule has 0 aromatic heterocycles. The molecule has 1 fully saturated rings. The summed E-state index contributed by atoms with van der Waals surface area (Å²) < 4.78 is 0. The van der Waals surface area contributed by atoms with Gasteiger partial charge < -0.3 is 5.32 Å². The monoisotopic (exact) mass is 307 g/mol. The molecule has 1 aliphatic rings. The van der Waals surface area contributed by atoms with E-state index in [1.54, 1.807) is 0 Å². The SMILES string of the molecule is Cc1c(C(=O)NC2CCCCC2)cc([N+](=O)[O-])cc1[N+](=O)[O-]. The molecule has 0 atom stereocenters. The number of nitro benzene ring substituents is 2. The molecule has 118 valence electrons. The fraction of sp³-hybridized carbons (Fsp3) is 0.500. The number of rotatable bonds is 4. The van der Waals surface area contributed by atoms with Crippen LogP contribution < -0.4 is 5.32 Å². The van der Waals surface area contributed by atoms with Gasteiger partial charge in [-0.3, -0.25) is 25.0 Å². The Morgan fingerprint density at radius 3 is 2.32 bits per heavy atom. The number of benzene rings is 1. The number of amides is 1. The van der Waals surface area contributed by atoms with E-state index in [0.717, 1.165) is 44.2 Å². The van der Waals surface area contributed by atoms with Crippen LogP contribution in [0.15, 0.2) is 12.1 Å². The molecule has 1 aliphatic carbocycles. The van der Waals surface area contributed by atoms with Gasteiger partial charge in [-0.25, -0.2) is 0 Å². The summed E-state index contributed by atoms with van der Waals surface area (Å²) in [5.41, 5.74) is -0.732. The summed E-state index contributed by atoms with van der Waals surface area (Å²) in [5.74, 6) is -0.490. The van der Waals surface area contributed by atoms with E-state index in [0.29, 0.717) is 0 Å². The molecule has 8 heteroatoms. The smallest absolute Gasteiger partial charge is 0.279 e. The van der Waals surface area contributed by atoms with Crippen molar-refractivity contribution in [2.24, 2.45) is 0 Å². The van der Waals surface area contributed by atoms with Crippen LogP contribution in [0.2, 0.25) is 0 Å². The van der Waals surface area contributed by atoms with Crippen LogP contribution in [0.1, 0.15) is 48.0 Å². The number of nitrogens with zero attached hydrogens (tertiary/aromatic N) is 2. The zero-order valence-electron chi connectivity index (χ0n) is 12.2. The van der Waals surface area contributed by atoms with Gasteiger partial charge in [0, 0.05) is 17.7 Å². The third-order valence-electron chi connectivity index (χ3n) is 3.96. The topological polar surface area (TPSA) is 115 Å². The summed E-state index contributed by atoms with van der Waals surface area (Å²) in [4.78, 5) is 32.8. The van der Waals surface area contributed by atoms with Crippen molar-refractivity contribution in [1.29, 1.82) is 0 Å². The highest BCUT2D eigenvalue weighted by Crippen LogP contribution is 2.28. The Bertz CT molecular complexity index is 623. The van der Waals surface area contributed by atoms with Crippen LogP contribution >= 0.6 is 0 Å². The minimum Gasteiger partial charge on any atom is -0.349 e. The minimum atomic E-state index is -0.732. The first kappa shape index (κ1) is 15.9. The maximum absolute atomic E-state index is 12.3. The van der Waals surface area contributed by atoms with E-state index in [1.807, 2.05) is 0 Å². The molecule has 0 heterocycles. The maximum Gasteiger partial charge on any atom is 0.279 e. The van der Waals surface area contributed by atoms with Crippen LogP contribution in [-0.4, -0.2) is 21.8 Å². The van der Waals surface area contributed by atoms with Gasteiger partial charge >= 0.3 is 0 Å². The van der Waals surface area contributed by atoms with Crippen molar-refractivity contribution in [3.63, 3.8) is 0 Å². The molecular formula is C14H17N3O5. The number of nitro groups is 2. The van der Waals surface area contributed by atoms with Crippen molar-refractivity contribution in [2.75, 3.05) is 0 Å². The van der Waals surface area contributed by atoms with Gasteiger partial charge in [-0.2, -0.15) is 0 Å². The van der Waals surface area contributed by atoms with Gasteiger partial charge in [0.15, 0.2) is 0 Å². The molecule has 8 nitrogen and oxygen atoms in total. The quantitative estimate of drug-likeness (QED) is 0.678. The summed E-state index contributed by atoms with van der Waals surface area (Å²) in [5, 5.41) is 24.7. The lowest BCUT2D eigenvalue weighted by molar-refractivity contribution is -0.394. The average Bonchev–Trinajstić information content (AvgIpc) is 2.47. The van der Waals surface area contributed by atoms with Crippen molar-refractivity contribution >= 4 is 17.3 Å². The molecule has 1 saturated carbocycles. The van der Waals surface area contributed by atoms with Crippen molar-refractivity contribution in [1.82, 2.24) is 5.32 Å². The van der Waals surface area contributed by atoms with Gasteiger partial charge in [-0.1, -0.05) is 19.3 Å². The average molecular weight is 307 g/mol. The second-order valence-corrected chi connectivity index (χ2v) is 5.46. The third-order valence-corrected chi connectivity index (χ3v) is 3.96.